The van der Waals surface area contributed by atoms with Crippen molar-refractivity contribution in [1.82, 2.24) is 4.57 Å². The van der Waals surface area contributed by atoms with E-state index in [2.05, 4.69) is 0 Å². The third-order valence-corrected chi connectivity index (χ3v) is 4.79. The highest BCUT2D eigenvalue weighted by atomic mass is 35.5. The number of aromatic hydroxyl groups is 1. The van der Waals surface area contributed by atoms with E-state index in [0.717, 1.165) is 0 Å². The normalized spacial score (nSPS) is 11.0. The summed E-state index contributed by atoms with van der Waals surface area (Å²) >= 11 is 6.05. The fraction of sp³-hybridized carbons (Fsp3) is 0.238. The highest BCUT2D eigenvalue weighted by Crippen LogP contribution is 2.35. The van der Waals surface area contributed by atoms with Crippen LogP contribution in [-0.4, -0.2) is 28.2 Å². The molecule has 0 bridgehead atoms. The third-order valence-electron chi connectivity index (χ3n) is 4.49. The van der Waals surface area contributed by atoms with Crippen molar-refractivity contribution < 1.29 is 23.8 Å². The van der Waals surface area contributed by atoms with E-state index in [1.807, 2.05) is 6.92 Å². The average molecular weight is 404 g/mol. The summed E-state index contributed by atoms with van der Waals surface area (Å²) in [7, 11) is 0. The smallest absolute Gasteiger partial charge is 0.310 e. The lowest BCUT2D eigenvalue weighted by molar-refractivity contribution is -0.142. The molecular weight excluding hydrogens is 385 g/mol. The summed E-state index contributed by atoms with van der Waals surface area (Å²) in [6.07, 6.45) is 0.652. The number of nitrogens with zero attached hydrogens (tertiary/aromatic N) is 1. The van der Waals surface area contributed by atoms with Crippen LogP contribution in [0.5, 0.6) is 5.75 Å². The predicted molar refractivity (Wildman–Crippen MR) is 104 cm³/mol. The van der Waals surface area contributed by atoms with Gasteiger partial charge in [-0.05, 0) is 55.3 Å². The van der Waals surface area contributed by atoms with Crippen molar-refractivity contribution in [3.05, 3.63) is 64.1 Å². The minimum atomic E-state index is -0.446. The molecule has 146 valence electrons. The number of rotatable bonds is 5. The van der Waals surface area contributed by atoms with Gasteiger partial charge in [0.2, 0.25) is 0 Å². The molecule has 0 unspecified atom stereocenters. The predicted octanol–water partition coefficient (Wildman–Crippen LogP) is 4.63. The SMILES string of the molecule is CCCOC(=O)Cc1c(C)n(C(=O)c2ccc(F)cc2)c2cc(Cl)c(O)cc12. The topological polar surface area (TPSA) is 68.5 Å². The van der Waals surface area contributed by atoms with Gasteiger partial charge in [-0.15, -0.1) is 0 Å². The van der Waals surface area contributed by atoms with Crippen molar-refractivity contribution >= 4 is 34.4 Å². The number of esters is 1. The first-order valence-electron chi connectivity index (χ1n) is 8.81. The van der Waals surface area contributed by atoms with Crippen LogP contribution in [0.4, 0.5) is 4.39 Å². The molecule has 0 amide bonds. The van der Waals surface area contributed by atoms with Crippen LogP contribution in [0.1, 0.15) is 35.0 Å². The van der Waals surface area contributed by atoms with E-state index in [1.165, 1.54) is 41.0 Å². The van der Waals surface area contributed by atoms with Gasteiger partial charge in [0, 0.05) is 16.6 Å². The molecule has 0 radical (unpaired) electrons. The average Bonchev–Trinajstić information content (AvgIpc) is 2.91. The summed E-state index contributed by atoms with van der Waals surface area (Å²) in [4.78, 5) is 25.2. The van der Waals surface area contributed by atoms with Crippen LogP contribution in [0.3, 0.4) is 0 Å². The van der Waals surface area contributed by atoms with E-state index in [9.17, 15) is 19.1 Å². The molecule has 0 saturated heterocycles. The molecule has 0 aliphatic carbocycles. The van der Waals surface area contributed by atoms with Crippen LogP contribution in [0.2, 0.25) is 5.02 Å². The molecule has 0 aliphatic rings. The van der Waals surface area contributed by atoms with Gasteiger partial charge in [0.25, 0.3) is 5.91 Å². The molecule has 0 saturated carbocycles. The van der Waals surface area contributed by atoms with E-state index < -0.39 is 17.7 Å². The van der Waals surface area contributed by atoms with Gasteiger partial charge in [-0.1, -0.05) is 18.5 Å². The van der Waals surface area contributed by atoms with E-state index in [1.54, 1.807) is 6.92 Å². The summed E-state index contributed by atoms with van der Waals surface area (Å²) in [5, 5.41) is 10.6. The second kappa shape index (κ2) is 8.02. The minimum Gasteiger partial charge on any atom is -0.506 e. The number of aromatic nitrogens is 1. The van der Waals surface area contributed by atoms with Crippen LogP contribution in [0, 0.1) is 12.7 Å². The summed E-state index contributed by atoms with van der Waals surface area (Å²) in [5.41, 5.74) is 1.83. The van der Waals surface area contributed by atoms with E-state index in [-0.39, 0.29) is 22.8 Å². The van der Waals surface area contributed by atoms with Crippen LogP contribution >= 0.6 is 11.6 Å². The molecular formula is C21H19ClFNO4. The number of fused-ring (bicyclic) bond motifs is 1. The zero-order chi connectivity index (χ0) is 20.4. The molecule has 1 heterocycles. The Morgan fingerprint density at radius 1 is 1.21 bits per heavy atom. The van der Waals surface area contributed by atoms with Crippen molar-refractivity contribution in [1.29, 1.82) is 0 Å². The Kier molecular flexibility index (Phi) is 5.70. The first kappa shape index (κ1) is 19.9. The molecule has 1 aromatic heterocycles. The highest BCUT2D eigenvalue weighted by Gasteiger charge is 2.23. The Hall–Kier alpha value is -2.86. The highest BCUT2D eigenvalue weighted by molar-refractivity contribution is 6.33. The molecule has 1 N–H and O–H groups in total. The van der Waals surface area contributed by atoms with Crippen LogP contribution in [0.15, 0.2) is 36.4 Å². The van der Waals surface area contributed by atoms with Gasteiger partial charge in [0.05, 0.1) is 23.6 Å². The lowest BCUT2D eigenvalue weighted by Gasteiger charge is -2.08. The van der Waals surface area contributed by atoms with Gasteiger partial charge in [-0.2, -0.15) is 0 Å². The molecule has 2 aromatic carbocycles. The van der Waals surface area contributed by atoms with Crippen molar-refractivity contribution in [2.45, 2.75) is 26.7 Å². The molecule has 0 atom stereocenters. The number of phenols is 1. The first-order chi connectivity index (χ1) is 13.3. The summed E-state index contributed by atoms with van der Waals surface area (Å²) in [5.74, 6) is -1.41. The van der Waals surface area contributed by atoms with Gasteiger partial charge >= 0.3 is 5.97 Å². The number of halogens is 2. The second-order valence-corrected chi connectivity index (χ2v) is 6.84. The summed E-state index contributed by atoms with van der Waals surface area (Å²) in [6.45, 7) is 3.91. The number of hydrogen-bond acceptors (Lipinski definition) is 4. The fourth-order valence-electron chi connectivity index (χ4n) is 3.11. The molecule has 28 heavy (non-hydrogen) atoms. The zero-order valence-corrected chi connectivity index (χ0v) is 16.2. The number of hydrogen-bond donors (Lipinski definition) is 1. The van der Waals surface area contributed by atoms with Gasteiger partial charge in [0.1, 0.15) is 11.6 Å². The largest absolute Gasteiger partial charge is 0.506 e. The van der Waals surface area contributed by atoms with Crippen LogP contribution < -0.4 is 0 Å². The first-order valence-corrected chi connectivity index (χ1v) is 9.19. The number of ether oxygens (including phenoxy) is 1. The Labute approximate surface area is 166 Å². The van der Waals surface area contributed by atoms with Gasteiger partial charge in [0.15, 0.2) is 0 Å². The Balaban J connectivity index is 2.15. The van der Waals surface area contributed by atoms with E-state index in [4.69, 9.17) is 16.3 Å². The number of benzene rings is 2. The number of carbonyl (C=O) groups excluding carboxylic acids is 2. The minimum absolute atomic E-state index is 0.0485. The second-order valence-electron chi connectivity index (χ2n) is 6.43. The van der Waals surface area contributed by atoms with Crippen molar-refractivity contribution in [3.8, 4) is 5.75 Å². The maximum Gasteiger partial charge on any atom is 0.310 e. The van der Waals surface area contributed by atoms with Gasteiger partial charge in [-0.25, -0.2) is 4.39 Å². The number of phenolic OH excluding ortho intramolecular Hbond substituents is 1. The Morgan fingerprint density at radius 2 is 1.89 bits per heavy atom. The maximum atomic E-state index is 13.2. The molecule has 3 rings (SSSR count). The molecule has 0 fully saturated rings. The number of carbonyl (C=O) groups is 2. The molecule has 5 nitrogen and oxygen atoms in total. The summed E-state index contributed by atoms with van der Waals surface area (Å²) in [6, 6.07) is 8.09. The van der Waals surface area contributed by atoms with E-state index >= 15 is 0 Å². The monoisotopic (exact) mass is 403 g/mol. The third kappa shape index (κ3) is 3.73. The fourth-order valence-corrected chi connectivity index (χ4v) is 3.26. The van der Waals surface area contributed by atoms with Crippen LogP contribution in [-0.2, 0) is 16.0 Å². The van der Waals surface area contributed by atoms with Gasteiger partial charge < -0.3 is 9.84 Å². The standard InChI is InChI=1S/C21H19ClFNO4/c1-3-8-28-20(26)10-15-12(2)24(18-11-17(22)19(25)9-16(15)18)21(27)13-4-6-14(23)7-5-13/h4-7,9,11,25H,3,8,10H2,1-2H3. The van der Waals surface area contributed by atoms with Crippen molar-refractivity contribution in [3.63, 3.8) is 0 Å². The van der Waals surface area contributed by atoms with Crippen molar-refractivity contribution in [2.75, 3.05) is 6.61 Å². The van der Waals surface area contributed by atoms with Crippen molar-refractivity contribution in [2.24, 2.45) is 0 Å². The molecule has 0 aliphatic heterocycles. The summed E-state index contributed by atoms with van der Waals surface area (Å²) < 4.78 is 19.8. The quantitative estimate of drug-likeness (QED) is 0.630. The Bertz CT molecular complexity index is 1060. The lowest BCUT2D eigenvalue weighted by Crippen LogP contribution is -2.14. The van der Waals surface area contributed by atoms with E-state index in [0.29, 0.717) is 35.2 Å². The Morgan fingerprint density at radius 3 is 2.54 bits per heavy atom. The van der Waals surface area contributed by atoms with Gasteiger partial charge in [-0.3, -0.25) is 14.2 Å². The molecule has 7 heteroatoms. The lowest BCUT2D eigenvalue weighted by atomic mass is 10.1. The maximum absolute atomic E-state index is 13.2. The molecule has 3 aromatic rings. The molecule has 0 spiro atoms. The zero-order valence-electron chi connectivity index (χ0n) is 15.5. The van der Waals surface area contributed by atoms with Crippen LogP contribution in [0.25, 0.3) is 10.9 Å².